The first-order valence-corrected chi connectivity index (χ1v) is 10.2. The summed E-state index contributed by atoms with van der Waals surface area (Å²) in [6, 6.07) is 6.34. The summed E-state index contributed by atoms with van der Waals surface area (Å²) in [5.41, 5.74) is 0.499. The minimum Gasteiger partial charge on any atom is -0.434 e. The molecule has 3 rings (SSSR count). The summed E-state index contributed by atoms with van der Waals surface area (Å²) in [7, 11) is 0. The lowest BCUT2D eigenvalue weighted by molar-refractivity contribution is -0.127. The number of allylic oxidation sites excluding steroid dienone is 1. The quantitative estimate of drug-likeness (QED) is 0.432. The first kappa shape index (κ1) is 20.9. The maximum atomic E-state index is 12.3. The van der Waals surface area contributed by atoms with Gasteiger partial charge in [0.15, 0.2) is 0 Å². The maximum Gasteiger partial charge on any atom is 0.513 e. The lowest BCUT2D eigenvalue weighted by atomic mass is 9.96. The van der Waals surface area contributed by atoms with Gasteiger partial charge in [0, 0.05) is 25.2 Å². The van der Waals surface area contributed by atoms with Crippen LogP contribution in [0.25, 0.3) is 0 Å². The molecule has 0 aromatic heterocycles. The highest BCUT2D eigenvalue weighted by atomic mass is 16.7. The Morgan fingerprint density at radius 1 is 1.10 bits per heavy atom. The second kappa shape index (κ2) is 10.1. The fourth-order valence-electron chi connectivity index (χ4n) is 3.23. The molecular formula is C22H28N2O5. The van der Waals surface area contributed by atoms with E-state index in [9.17, 15) is 14.4 Å². The molecular weight excluding hydrogens is 372 g/mol. The van der Waals surface area contributed by atoms with E-state index in [1.165, 1.54) is 12.8 Å². The molecule has 1 heterocycles. The molecule has 0 atom stereocenters. The van der Waals surface area contributed by atoms with Crippen LogP contribution in [-0.4, -0.2) is 49.1 Å². The fourth-order valence-corrected chi connectivity index (χ4v) is 3.23. The highest BCUT2D eigenvalue weighted by Gasteiger charge is 2.23. The third-order valence-corrected chi connectivity index (χ3v) is 5.19. The maximum absolute atomic E-state index is 12.3. The zero-order valence-electron chi connectivity index (χ0n) is 16.8. The molecule has 1 aromatic carbocycles. The van der Waals surface area contributed by atoms with E-state index in [2.05, 4.69) is 5.32 Å². The van der Waals surface area contributed by atoms with Crippen molar-refractivity contribution in [3.63, 3.8) is 0 Å². The zero-order chi connectivity index (χ0) is 20.6. The number of carbonyl (C=O) groups excluding carboxylic acids is 3. The van der Waals surface area contributed by atoms with E-state index in [-0.39, 0.29) is 18.4 Å². The summed E-state index contributed by atoms with van der Waals surface area (Å²) in [6.45, 7) is 3.98. The van der Waals surface area contributed by atoms with Crippen molar-refractivity contribution in [1.82, 2.24) is 10.2 Å². The number of nitrogens with one attached hydrogen (secondary N) is 1. The van der Waals surface area contributed by atoms with Gasteiger partial charge in [0.2, 0.25) is 5.91 Å². The van der Waals surface area contributed by atoms with Crippen LogP contribution in [0.3, 0.4) is 0 Å². The molecule has 0 unspecified atom stereocenters. The van der Waals surface area contributed by atoms with Gasteiger partial charge in [0.25, 0.3) is 5.91 Å². The Balaban J connectivity index is 1.38. The van der Waals surface area contributed by atoms with E-state index in [0.29, 0.717) is 29.7 Å². The number of nitrogens with zero attached hydrogens (tertiary/aromatic N) is 1. The minimum absolute atomic E-state index is 0.101. The molecule has 1 saturated carbocycles. The molecule has 1 aromatic rings. The van der Waals surface area contributed by atoms with Crippen LogP contribution in [0.1, 0.15) is 43.0 Å². The number of ether oxygens (including phenoxy) is 2. The number of benzene rings is 1. The number of piperidine rings is 1. The van der Waals surface area contributed by atoms with Crippen molar-refractivity contribution in [2.45, 2.75) is 32.6 Å². The third kappa shape index (κ3) is 6.62. The molecule has 1 aliphatic heterocycles. The van der Waals surface area contributed by atoms with Crippen molar-refractivity contribution >= 4 is 18.0 Å². The SMILES string of the molecule is CCOC(=O)Oc1ccc(C(=O)NCC2CCN(C(=O)/C=C/C3CC3)CC2)cc1. The van der Waals surface area contributed by atoms with Crippen molar-refractivity contribution < 1.29 is 23.9 Å². The van der Waals surface area contributed by atoms with Crippen LogP contribution in [-0.2, 0) is 9.53 Å². The molecule has 2 fully saturated rings. The van der Waals surface area contributed by atoms with Gasteiger partial charge in [-0.2, -0.15) is 0 Å². The third-order valence-electron chi connectivity index (χ3n) is 5.19. The zero-order valence-corrected chi connectivity index (χ0v) is 16.8. The number of likely N-dealkylation sites (tertiary alicyclic amines) is 1. The van der Waals surface area contributed by atoms with Gasteiger partial charge in [0.05, 0.1) is 6.61 Å². The molecule has 7 nitrogen and oxygen atoms in total. The lowest BCUT2D eigenvalue weighted by Gasteiger charge is -2.31. The number of hydrogen-bond acceptors (Lipinski definition) is 5. The van der Waals surface area contributed by atoms with Gasteiger partial charge in [-0.25, -0.2) is 4.79 Å². The Labute approximate surface area is 171 Å². The Hall–Kier alpha value is -2.83. The minimum atomic E-state index is -0.766. The van der Waals surface area contributed by atoms with E-state index in [0.717, 1.165) is 25.9 Å². The molecule has 7 heteroatoms. The van der Waals surface area contributed by atoms with Gasteiger partial charge in [-0.3, -0.25) is 9.59 Å². The van der Waals surface area contributed by atoms with Crippen LogP contribution in [0.5, 0.6) is 5.75 Å². The summed E-state index contributed by atoms with van der Waals surface area (Å²) in [5.74, 6) is 1.23. The molecule has 0 spiro atoms. The van der Waals surface area contributed by atoms with Crippen LogP contribution in [0.15, 0.2) is 36.4 Å². The van der Waals surface area contributed by atoms with E-state index < -0.39 is 6.16 Å². The van der Waals surface area contributed by atoms with Crippen LogP contribution in [0.2, 0.25) is 0 Å². The van der Waals surface area contributed by atoms with E-state index in [1.54, 1.807) is 37.3 Å². The van der Waals surface area contributed by atoms with Gasteiger partial charge < -0.3 is 19.7 Å². The normalized spacial score (nSPS) is 17.2. The van der Waals surface area contributed by atoms with Crippen molar-refractivity contribution in [3.8, 4) is 5.75 Å². The van der Waals surface area contributed by atoms with Gasteiger partial charge in [-0.05, 0) is 74.8 Å². The molecule has 1 aliphatic carbocycles. The molecule has 2 aliphatic rings. The van der Waals surface area contributed by atoms with Gasteiger partial charge in [-0.1, -0.05) is 6.08 Å². The van der Waals surface area contributed by atoms with Gasteiger partial charge >= 0.3 is 6.16 Å². The van der Waals surface area contributed by atoms with Crippen molar-refractivity contribution in [2.24, 2.45) is 11.8 Å². The molecule has 1 saturated heterocycles. The highest BCUT2D eigenvalue weighted by Crippen LogP contribution is 2.30. The highest BCUT2D eigenvalue weighted by molar-refractivity contribution is 5.94. The second-order valence-electron chi connectivity index (χ2n) is 7.48. The lowest BCUT2D eigenvalue weighted by Crippen LogP contribution is -2.41. The first-order chi connectivity index (χ1) is 14.0. The van der Waals surface area contributed by atoms with Crippen molar-refractivity contribution in [3.05, 3.63) is 42.0 Å². The number of carbonyl (C=O) groups is 3. The van der Waals surface area contributed by atoms with E-state index >= 15 is 0 Å². The Morgan fingerprint density at radius 3 is 2.41 bits per heavy atom. The van der Waals surface area contributed by atoms with Crippen molar-refractivity contribution in [1.29, 1.82) is 0 Å². The van der Waals surface area contributed by atoms with Crippen LogP contribution in [0.4, 0.5) is 4.79 Å². The molecule has 0 radical (unpaired) electrons. The molecule has 29 heavy (non-hydrogen) atoms. The summed E-state index contributed by atoms with van der Waals surface area (Å²) < 4.78 is 9.69. The first-order valence-electron chi connectivity index (χ1n) is 10.2. The van der Waals surface area contributed by atoms with Crippen LogP contribution in [0, 0.1) is 11.8 Å². The number of rotatable bonds is 7. The summed E-state index contributed by atoms with van der Waals surface area (Å²) in [5, 5.41) is 2.95. The average Bonchev–Trinajstić information content (AvgIpc) is 3.56. The largest absolute Gasteiger partial charge is 0.513 e. The van der Waals surface area contributed by atoms with Crippen LogP contribution < -0.4 is 10.1 Å². The van der Waals surface area contributed by atoms with E-state index in [4.69, 9.17) is 9.47 Å². The summed E-state index contributed by atoms with van der Waals surface area (Å²) in [4.78, 5) is 37.7. The molecule has 1 N–H and O–H groups in total. The Kier molecular flexibility index (Phi) is 7.27. The van der Waals surface area contributed by atoms with Crippen LogP contribution >= 0.6 is 0 Å². The number of hydrogen-bond donors (Lipinski definition) is 1. The predicted octanol–water partition coefficient (Wildman–Crippen LogP) is 3.16. The smallest absolute Gasteiger partial charge is 0.434 e. The fraction of sp³-hybridized carbons (Fsp3) is 0.500. The molecule has 2 amide bonds. The van der Waals surface area contributed by atoms with Crippen molar-refractivity contribution in [2.75, 3.05) is 26.2 Å². The standard InChI is InChI=1S/C22H28N2O5/c1-2-28-22(27)29-19-8-6-18(7-9-19)21(26)23-15-17-11-13-24(14-12-17)20(25)10-5-16-3-4-16/h5-10,16-17H,2-4,11-15H2,1H3,(H,23,26)/b10-5+. The molecule has 0 bridgehead atoms. The Morgan fingerprint density at radius 2 is 1.79 bits per heavy atom. The predicted molar refractivity (Wildman–Crippen MR) is 108 cm³/mol. The second-order valence-corrected chi connectivity index (χ2v) is 7.48. The van der Waals surface area contributed by atoms with Gasteiger partial charge in [0.1, 0.15) is 5.75 Å². The topological polar surface area (TPSA) is 84.9 Å². The average molecular weight is 400 g/mol. The summed E-state index contributed by atoms with van der Waals surface area (Å²) >= 11 is 0. The summed E-state index contributed by atoms with van der Waals surface area (Å²) in [6.07, 6.45) is 7.15. The Bertz CT molecular complexity index is 747. The van der Waals surface area contributed by atoms with E-state index in [1.807, 2.05) is 11.0 Å². The van der Waals surface area contributed by atoms with Gasteiger partial charge in [-0.15, -0.1) is 0 Å². The molecule has 156 valence electrons. The monoisotopic (exact) mass is 400 g/mol. The number of amides is 2.